The monoisotopic (exact) mass is 374 g/mol. The number of hydrogen-bond donors (Lipinski definition) is 0. The first kappa shape index (κ1) is 12.9. The van der Waals surface area contributed by atoms with E-state index in [1.54, 1.807) is 0 Å². The van der Waals surface area contributed by atoms with Crippen molar-refractivity contribution in [2.45, 2.75) is 38.4 Å². The minimum atomic E-state index is -0.172. The van der Waals surface area contributed by atoms with Crippen LogP contribution in [0.5, 0.6) is 5.75 Å². The van der Waals surface area contributed by atoms with E-state index < -0.39 is 0 Å². The minimum absolute atomic E-state index is 0.159. The molecule has 2 atom stereocenters. The molecule has 18 heavy (non-hydrogen) atoms. The number of rotatable bonds is 0. The van der Waals surface area contributed by atoms with Crippen molar-refractivity contribution in [3.63, 3.8) is 0 Å². The van der Waals surface area contributed by atoms with E-state index in [0.717, 1.165) is 27.7 Å². The summed E-state index contributed by atoms with van der Waals surface area (Å²) in [6, 6.07) is 4.15. The molecule has 0 radical (unpaired) electrons. The van der Waals surface area contributed by atoms with Crippen LogP contribution in [0.2, 0.25) is 0 Å². The Morgan fingerprint density at radius 2 is 2.06 bits per heavy atom. The molecule has 1 fully saturated rings. The highest BCUT2D eigenvalue weighted by molar-refractivity contribution is 9.11. The number of hydrogen-bond acceptors (Lipinski definition) is 2. The standard InChI is InChI=1S/C14H16Br2O2/c1-14(2)10-4-3-5-17-12(10)9-6-8(15)7-11(16)13(9)18-14/h6-7,10,12H,3-5H2,1-2H3/t10-,12+/m0/s1. The van der Waals surface area contributed by atoms with Crippen LogP contribution in [0, 0.1) is 5.92 Å². The van der Waals surface area contributed by atoms with Crippen LogP contribution in [0.4, 0.5) is 0 Å². The molecule has 2 aliphatic rings. The van der Waals surface area contributed by atoms with Crippen molar-refractivity contribution in [3.05, 3.63) is 26.6 Å². The highest BCUT2D eigenvalue weighted by Gasteiger charge is 2.46. The van der Waals surface area contributed by atoms with Gasteiger partial charge in [-0.1, -0.05) is 15.9 Å². The molecule has 3 rings (SSSR count). The zero-order valence-corrected chi connectivity index (χ0v) is 13.7. The molecule has 0 N–H and O–H groups in total. The van der Waals surface area contributed by atoms with Crippen molar-refractivity contribution in [1.29, 1.82) is 0 Å². The SMILES string of the molecule is CC1(C)Oc2c(Br)cc(Br)cc2[C@H]2OCCC[C@@H]21. The Hall–Kier alpha value is -0.0600. The van der Waals surface area contributed by atoms with Gasteiger partial charge in [-0.3, -0.25) is 0 Å². The fourth-order valence-corrected chi connectivity index (χ4v) is 4.38. The quantitative estimate of drug-likeness (QED) is 0.645. The van der Waals surface area contributed by atoms with Crippen molar-refractivity contribution in [1.82, 2.24) is 0 Å². The van der Waals surface area contributed by atoms with Gasteiger partial charge in [-0.25, -0.2) is 0 Å². The highest BCUT2D eigenvalue weighted by Crippen LogP contribution is 2.52. The Kier molecular flexibility index (Phi) is 3.23. The predicted molar refractivity (Wildman–Crippen MR) is 78.0 cm³/mol. The third kappa shape index (κ3) is 2.02. The number of ether oxygens (including phenoxy) is 2. The largest absolute Gasteiger partial charge is 0.486 e. The van der Waals surface area contributed by atoms with E-state index >= 15 is 0 Å². The molecule has 0 aliphatic carbocycles. The van der Waals surface area contributed by atoms with Gasteiger partial charge in [0, 0.05) is 22.6 Å². The lowest BCUT2D eigenvalue weighted by atomic mass is 9.76. The second-order valence-electron chi connectivity index (χ2n) is 5.55. The zero-order chi connectivity index (χ0) is 12.9. The second kappa shape index (κ2) is 4.50. The molecule has 0 bridgehead atoms. The van der Waals surface area contributed by atoms with Gasteiger partial charge in [0.15, 0.2) is 0 Å². The lowest BCUT2D eigenvalue weighted by Crippen LogP contribution is -2.47. The van der Waals surface area contributed by atoms with Crippen LogP contribution in [-0.2, 0) is 4.74 Å². The van der Waals surface area contributed by atoms with E-state index in [1.807, 2.05) is 6.07 Å². The second-order valence-corrected chi connectivity index (χ2v) is 7.32. The van der Waals surface area contributed by atoms with Gasteiger partial charge >= 0.3 is 0 Å². The Balaban J connectivity index is 2.14. The minimum Gasteiger partial charge on any atom is -0.486 e. The molecule has 0 aromatic heterocycles. The molecule has 0 amide bonds. The first-order valence-corrected chi connectivity index (χ1v) is 7.87. The fourth-order valence-electron chi connectivity index (χ4n) is 3.04. The van der Waals surface area contributed by atoms with Crippen LogP contribution >= 0.6 is 31.9 Å². The Morgan fingerprint density at radius 3 is 2.83 bits per heavy atom. The first-order chi connectivity index (χ1) is 8.49. The summed E-state index contributed by atoms with van der Waals surface area (Å²) in [4.78, 5) is 0. The third-order valence-corrected chi connectivity index (χ3v) is 4.97. The van der Waals surface area contributed by atoms with Gasteiger partial charge < -0.3 is 9.47 Å². The molecule has 1 saturated heterocycles. The van der Waals surface area contributed by atoms with Crippen LogP contribution in [0.25, 0.3) is 0 Å². The maximum Gasteiger partial charge on any atom is 0.140 e. The lowest BCUT2D eigenvalue weighted by molar-refractivity contribution is -0.117. The maximum absolute atomic E-state index is 6.23. The van der Waals surface area contributed by atoms with Gasteiger partial charge in [-0.05, 0) is 54.8 Å². The van der Waals surface area contributed by atoms with Crippen LogP contribution < -0.4 is 4.74 Å². The van der Waals surface area contributed by atoms with Crippen molar-refractivity contribution in [3.8, 4) is 5.75 Å². The van der Waals surface area contributed by atoms with E-state index in [9.17, 15) is 0 Å². The van der Waals surface area contributed by atoms with E-state index in [2.05, 4.69) is 51.8 Å². The van der Waals surface area contributed by atoms with E-state index in [4.69, 9.17) is 9.47 Å². The summed E-state index contributed by atoms with van der Waals surface area (Å²) < 4.78 is 14.3. The van der Waals surface area contributed by atoms with Crippen LogP contribution in [0.1, 0.15) is 38.4 Å². The topological polar surface area (TPSA) is 18.5 Å². The van der Waals surface area contributed by atoms with Crippen LogP contribution in [0.3, 0.4) is 0 Å². The van der Waals surface area contributed by atoms with Gasteiger partial charge in [-0.15, -0.1) is 0 Å². The summed E-state index contributed by atoms with van der Waals surface area (Å²) in [6.07, 6.45) is 2.45. The van der Waals surface area contributed by atoms with E-state index in [0.29, 0.717) is 5.92 Å². The van der Waals surface area contributed by atoms with Gasteiger partial charge in [0.2, 0.25) is 0 Å². The Bertz CT molecular complexity index is 485. The highest BCUT2D eigenvalue weighted by atomic mass is 79.9. The summed E-state index contributed by atoms with van der Waals surface area (Å²) in [5.74, 6) is 1.37. The van der Waals surface area contributed by atoms with Crippen molar-refractivity contribution >= 4 is 31.9 Å². The van der Waals surface area contributed by atoms with Crippen molar-refractivity contribution in [2.75, 3.05) is 6.61 Å². The van der Waals surface area contributed by atoms with E-state index in [-0.39, 0.29) is 11.7 Å². The molecule has 2 nitrogen and oxygen atoms in total. The summed E-state index contributed by atoms with van der Waals surface area (Å²) in [6.45, 7) is 5.17. The molecular weight excluding hydrogens is 360 g/mol. The first-order valence-electron chi connectivity index (χ1n) is 6.28. The summed E-state index contributed by atoms with van der Waals surface area (Å²) in [5.41, 5.74) is 0.995. The summed E-state index contributed by atoms with van der Waals surface area (Å²) >= 11 is 7.14. The van der Waals surface area contributed by atoms with Gasteiger partial charge in [0.1, 0.15) is 11.4 Å². The summed E-state index contributed by atoms with van der Waals surface area (Å²) in [5, 5.41) is 0. The predicted octanol–water partition coefficient (Wildman–Crippen LogP) is 4.85. The number of benzene rings is 1. The molecule has 1 aromatic carbocycles. The molecule has 0 saturated carbocycles. The Labute approximate surface area is 124 Å². The van der Waals surface area contributed by atoms with Crippen molar-refractivity contribution < 1.29 is 9.47 Å². The van der Waals surface area contributed by atoms with Gasteiger partial charge in [-0.2, -0.15) is 0 Å². The van der Waals surface area contributed by atoms with Crippen molar-refractivity contribution in [2.24, 2.45) is 5.92 Å². The molecule has 0 unspecified atom stereocenters. The number of fused-ring (bicyclic) bond motifs is 3. The third-order valence-electron chi connectivity index (χ3n) is 3.92. The maximum atomic E-state index is 6.23. The average Bonchev–Trinajstić information content (AvgIpc) is 2.31. The fraction of sp³-hybridized carbons (Fsp3) is 0.571. The molecule has 98 valence electrons. The summed E-state index contributed by atoms with van der Waals surface area (Å²) in [7, 11) is 0. The van der Waals surface area contributed by atoms with Crippen LogP contribution in [-0.4, -0.2) is 12.2 Å². The average molecular weight is 376 g/mol. The smallest absolute Gasteiger partial charge is 0.140 e. The van der Waals surface area contributed by atoms with Crippen LogP contribution in [0.15, 0.2) is 21.1 Å². The molecule has 4 heteroatoms. The number of halogens is 2. The van der Waals surface area contributed by atoms with E-state index in [1.165, 1.54) is 12.0 Å². The van der Waals surface area contributed by atoms with Gasteiger partial charge in [0.05, 0.1) is 10.6 Å². The zero-order valence-electron chi connectivity index (χ0n) is 10.5. The molecule has 2 aliphatic heterocycles. The molecule has 2 heterocycles. The Morgan fingerprint density at radius 1 is 1.28 bits per heavy atom. The molecule has 0 spiro atoms. The lowest BCUT2D eigenvalue weighted by Gasteiger charge is -2.47. The molecular formula is C14H16Br2O2. The molecule has 1 aromatic rings. The van der Waals surface area contributed by atoms with Gasteiger partial charge in [0.25, 0.3) is 0 Å². The normalized spacial score (nSPS) is 29.1.